The maximum Gasteiger partial charge on any atom is 0.146 e. The van der Waals surface area contributed by atoms with Crippen LogP contribution in [0.2, 0.25) is 0 Å². The maximum absolute atomic E-state index is 9.16. The molecule has 84 valence electrons. The van der Waals surface area contributed by atoms with Gasteiger partial charge in [-0.15, -0.1) is 0 Å². The fraction of sp³-hybridized carbons (Fsp3) is 0.500. The summed E-state index contributed by atoms with van der Waals surface area (Å²) in [7, 11) is 2.01. The summed E-state index contributed by atoms with van der Waals surface area (Å²) in [6.07, 6.45) is 2.88. The van der Waals surface area contributed by atoms with E-state index < -0.39 is 0 Å². The third kappa shape index (κ3) is 1.86. The van der Waals surface area contributed by atoms with Gasteiger partial charge in [-0.2, -0.15) is 5.26 Å². The molecule has 0 radical (unpaired) electrons. The number of rotatable bonds is 2. The van der Waals surface area contributed by atoms with Gasteiger partial charge in [0.1, 0.15) is 11.9 Å². The highest BCUT2D eigenvalue weighted by atomic mass is 15.2. The molecule has 0 saturated carbocycles. The Morgan fingerprint density at radius 3 is 3.06 bits per heavy atom. The number of nitriles is 1. The summed E-state index contributed by atoms with van der Waals surface area (Å²) in [5, 5.41) is 12.5. The second-order valence-corrected chi connectivity index (χ2v) is 4.20. The average Bonchev–Trinajstić information content (AvgIpc) is 2.81. The lowest BCUT2D eigenvalue weighted by Crippen LogP contribution is -2.34. The smallest absolute Gasteiger partial charge is 0.146 e. The van der Waals surface area contributed by atoms with E-state index in [1.54, 1.807) is 6.20 Å². The van der Waals surface area contributed by atoms with Crippen LogP contribution in [0.1, 0.15) is 17.5 Å². The van der Waals surface area contributed by atoms with E-state index in [1.165, 1.54) is 0 Å². The number of likely N-dealkylation sites (N-methyl/N-ethyl adjacent to an activating group) is 1. The van der Waals surface area contributed by atoms with Crippen molar-refractivity contribution in [3.05, 3.63) is 23.4 Å². The third-order valence-corrected chi connectivity index (χ3v) is 3.17. The summed E-state index contributed by atoms with van der Waals surface area (Å²) in [5.41, 5.74) is 1.68. The molecule has 1 aliphatic rings. The van der Waals surface area contributed by atoms with Gasteiger partial charge in [0.2, 0.25) is 0 Å². The predicted octanol–water partition coefficient (Wildman–Crippen LogP) is 1.06. The van der Waals surface area contributed by atoms with Crippen LogP contribution in [0.15, 0.2) is 12.3 Å². The van der Waals surface area contributed by atoms with Crippen molar-refractivity contribution in [1.82, 2.24) is 10.3 Å². The van der Waals surface area contributed by atoms with Gasteiger partial charge < -0.3 is 10.2 Å². The zero-order valence-electron chi connectivity index (χ0n) is 9.70. The van der Waals surface area contributed by atoms with Crippen molar-refractivity contribution in [2.45, 2.75) is 19.4 Å². The second kappa shape index (κ2) is 4.50. The summed E-state index contributed by atoms with van der Waals surface area (Å²) < 4.78 is 0. The quantitative estimate of drug-likeness (QED) is 0.803. The molecule has 4 heteroatoms. The molecule has 1 aromatic rings. The monoisotopic (exact) mass is 216 g/mol. The highest BCUT2D eigenvalue weighted by Crippen LogP contribution is 2.22. The maximum atomic E-state index is 9.16. The van der Waals surface area contributed by atoms with Gasteiger partial charge in [0.15, 0.2) is 0 Å². The summed E-state index contributed by atoms with van der Waals surface area (Å²) >= 11 is 0. The highest BCUT2D eigenvalue weighted by molar-refractivity contribution is 5.57. The molecule has 0 spiro atoms. The molecule has 1 aromatic heterocycles. The van der Waals surface area contributed by atoms with Gasteiger partial charge in [-0.3, -0.25) is 0 Å². The number of nitrogens with zero attached hydrogens (tertiary/aromatic N) is 3. The van der Waals surface area contributed by atoms with Crippen LogP contribution in [0.5, 0.6) is 0 Å². The first-order chi connectivity index (χ1) is 7.74. The van der Waals surface area contributed by atoms with Crippen molar-refractivity contribution in [3.63, 3.8) is 0 Å². The second-order valence-electron chi connectivity index (χ2n) is 4.20. The van der Waals surface area contributed by atoms with Crippen LogP contribution >= 0.6 is 0 Å². The third-order valence-electron chi connectivity index (χ3n) is 3.17. The Balaban J connectivity index is 2.32. The number of pyridine rings is 1. The zero-order chi connectivity index (χ0) is 11.5. The van der Waals surface area contributed by atoms with Crippen LogP contribution in [-0.4, -0.2) is 31.2 Å². The van der Waals surface area contributed by atoms with Crippen LogP contribution in [0.25, 0.3) is 0 Å². The molecule has 4 nitrogen and oxygen atoms in total. The molecule has 0 bridgehead atoms. The molecule has 1 atom stereocenters. The van der Waals surface area contributed by atoms with Crippen LogP contribution in [-0.2, 0) is 0 Å². The van der Waals surface area contributed by atoms with E-state index in [0.717, 1.165) is 30.9 Å². The summed E-state index contributed by atoms with van der Waals surface area (Å²) in [6.45, 7) is 3.96. The molecule has 1 saturated heterocycles. The lowest BCUT2D eigenvalue weighted by Gasteiger charge is -2.25. The average molecular weight is 216 g/mol. The minimum atomic E-state index is 0.446. The van der Waals surface area contributed by atoms with Gasteiger partial charge in [0.25, 0.3) is 0 Å². The van der Waals surface area contributed by atoms with E-state index in [2.05, 4.69) is 21.3 Å². The summed E-state index contributed by atoms with van der Waals surface area (Å²) in [6, 6.07) is 4.57. The standard InChI is InChI=1S/C12H16N4/c1-9-3-6-15-12(11(9)7-13)16(2)10-4-5-14-8-10/h3,6,10,14H,4-5,8H2,1-2H3. The highest BCUT2D eigenvalue weighted by Gasteiger charge is 2.22. The molecule has 0 amide bonds. The van der Waals surface area contributed by atoms with Crippen molar-refractivity contribution in [1.29, 1.82) is 5.26 Å². The molecule has 1 aliphatic heterocycles. The molecule has 0 aliphatic carbocycles. The first-order valence-corrected chi connectivity index (χ1v) is 5.53. The SMILES string of the molecule is Cc1ccnc(N(C)C2CCNC2)c1C#N. The van der Waals surface area contributed by atoms with E-state index in [4.69, 9.17) is 5.26 Å². The number of hydrogen-bond donors (Lipinski definition) is 1. The van der Waals surface area contributed by atoms with Crippen molar-refractivity contribution < 1.29 is 0 Å². The molecule has 0 aromatic carbocycles. The number of aryl methyl sites for hydroxylation is 1. The molecule has 1 unspecified atom stereocenters. The summed E-state index contributed by atoms with van der Waals surface area (Å²) in [4.78, 5) is 6.45. The van der Waals surface area contributed by atoms with Crippen LogP contribution in [0.3, 0.4) is 0 Å². The van der Waals surface area contributed by atoms with E-state index in [0.29, 0.717) is 11.6 Å². The Kier molecular flexibility index (Phi) is 3.07. The first-order valence-electron chi connectivity index (χ1n) is 5.53. The van der Waals surface area contributed by atoms with E-state index in [1.807, 2.05) is 20.0 Å². The van der Waals surface area contributed by atoms with Gasteiger partial charge in [0, 0.05) is 25.8 Å². The Labute approximate surface area is 95.9 Å². The number of hydrogen-bond acceptors (Lipinski definition) is 4. The first kappa shape index (κ1) is 10.9. The Hall–Kier alpha value is -1.60. The Bertz CT molecular complexity index is 416. The topological polar surface area (TPSA) is 52.0 Å². The van der Waals surface area contributed by atoms with Crippen LogP contribution < -0.4 is 10.2 Å². The number of aromatic nitrogens is 1. The van der Waals surface area contributed by atoms with Gasteiger partial charge in [-0.05, 0) is 31.5 Å². The molecule has 16 heavy (non-hydrogen) atoms. The zero-order valence-corrected chi connectivity index (χ0v) is 9.70. The van der Waals surface area contributed by atoms with Crippen LogP contribution in [0, 0.1) is 18.3 Å². The fourth-order valence-electron chi connectivity index (χ4n) is 2.09. The Morgan fingerprint density at radius 1 is 1.62 bits per heavy atom. The van der Waals surface area contributed by atoms with E-state index in [-0.39, 0.29) is 0 Å². The fourth-order valence-corrected chi connectivity index (χ4v) is 2.09. The molecular formula is C12H16N4. The minimum absolute atomic E-state index is 0.446. The van der Waals surface area contributed by atoms with Crippen molar-refractivity contribution in [2.75, 3.05) is 25.0 Å². The largest absolute Gasteiger partial charge is 0.354 e. The Morgan fingerprint density at radius 2 is 2.44 bits per heavy atom. The lowest BCUT2D eigenvalue weighted by molar-refractivity contribution is 0.677. The lowest BCUT2D eigenvalue weighted by atomic mass is 10.1. The number of anilines is 1. The van der Waals surface area contributed by atoms with Gasteiger partial charge in [-0.25, -0.2) is 4.98 Å². The minimum Gasteiger partial charge on any atom is -0.354 e. The van der Waals surface area contributed by atoms with Gasteiger partial charge in [0.05, 0.1) is 5.56 Å². The molecular weight excluding hydrogens is 200 g/mol. The van der Waals surface area contributed by atoms with Gasteiger partial charge in [-0.1, -0.05) is 0 Å². The molecule has 1 fully saturated rings. The van der Waals surface area contributed by atoms with Crippen molar-refractivity contribution in [3.8, 4) is 6.07 Å². The normalized spacial score (nSPS) is 19.4. The summed E-state index contributed by atoms with van der Waals surface area (Å²) in [5.74, 6) is 0.802. The predicted molar refractivity (Wildman–Crippen MR) is 63.4 cm³/mol. The van der Waals surface area contributed by atoms with Crippen LogP contribution in [0.4, 0.5) is 5.82 Å². The molecule has 2 rings (SSSR count). The van der Waals surface area contributed by atoms with Crippen molar-refractivity contribution >= 4 is 5.82 Å². The van der Waals surface area contributed by atoms with E-state index >= 15 is 0 Å². The van der Waals surface area contributed by atoms with Gasteiger partial charge >= 0.3 is 0 Å². The molecule has 1 N–H and O–H groups in total. The number of nitrogens with one attached hydrogen (secondary N) is 1. The van der Waals surface area contributed by atoms with E-state index in [9.17, 15) is 0 Å². The van der Waals surface area contributed by atoms with Crippen molar-refractivity contribution in [2.24, 2.45) is 0 Å². The molecule has 2 heterocycles.